The molecule has 1 N–H and O–H groups in total. The number of amides is 2. The number of anilines is 1. The van der Waals surface area contributed by atoms with Gasteiger partial charge in [-0.1, -0.05) is 12.1 Å². The molecule has 2 rings (SSSR count). The number of esters is 2. The van der Waals surface area contributed by atoms with Crippen molar-refractivity contribution < 1.29 is 28.6 Å². The number of ether oxygens (including phenoxy) is 3. The van der Waals surface area contributed by atoms with Crippen molar-refractivity contribution in [3.05, 3.63) is 29.8 Å². The molecule has 1 aromatic carbocycles. The van der Waals surface area contributed by atoms with Gasteiger partial charge in [-0.05, 0) is 30.5 Å². The second-order valence-corrected chi connectivity index (χ2v) is 5.90. The van der Waals surface area contributed by atoms with Gasteiger partial charge in [0.15, 0.2) is 6.10 Å². The second-order valence-electron chi connectivity index (χ2n) is 5.90. The molecule has 2 amide bonds. The summed E-state index contributed by atoms with van der Waals surface area (Å²) in [6.07, 6.45) is 0.687. The van der Waals surface area contributed by atoms with E-state index in [4.69, 9.17) is 9.47 Å². The largest absolute Gasteiger partial charge is 0.467 e. The lowest BCUT2D eigenvalue weighted by Gasteiger charge is -2.31. The zero-order chi connectivity index (χ0) is 18.9. The number of hydrogen-bond donors (Lipinski definition) is 1. The van der Waals surface area contributed by atoms with Crippen LogP contribution in [0.15, 0.2) is 24.3 Å². The molecule has 1 unspecified atom stereocenters. The number of carbonyl (C=O) groups excluding carboxylic acids is 3. The Morgan fingerprint density at radius 2 is 2.15 bits per heavy atom. The van der Waals surface area contributed by atoms with Crippen LogP contribution in [-0.4, -0.2) is 62.4 Å². The highest BCUT2D eigenvalue weighted by molar-refractivity contribution is 5.90. The molecular weight excluding hydrogens is 340 g/mol. The van der Waals surface area contributed by atoms with Crippen LogP contribution in [0.2, 0.25) is 0 Å². The molecule has 1 aliphatic rings. The summed E-state index contributed by atoms with van der Waals surface area (Å²) in [5, 5.41) is 2.83. The van der Waals surface area contributed by atoms with Crippen molar-refractivity contribution in [2.24, 2.45) is 0 Å². The third-order valence-corrected chi connectivity index (χ3v) is 3.91. The summed E-state index contributed by atoms with van der Waals surface area (Å²) in [4.78, 5) is 36.3. The molecule has 1 fully saturated rings. The monoisotopic (exact) mass is 364 g/mol. The number of carbonyl (C=O) groups is 3. The van der Waals surface area contributed by atoms with Crippen molar-refractivity contribution in [2.75, 3.05) is 38.7 Å². The van der Waals surface area contributed by atoms with Gasteiger partial charge in [0, 0.05) is 19.2 Å². The minimum Gasteiger partial charge on any atom is -0.467 e. The standard InChI is InChI=1S/C18H24N2O6/c1-13(21)25-9-4-6-14-5-3-7-15(11-14)19-18(23)20-8-10-26-16(12-20)17(22)24-2/h3,5,7,11,16H,4,6,8-10,12H2,1-2H3,(H,19,23). The van der Waals surface area contributed by atoms with Gasteiger partial charge in [-0.3, -0.25) is 4.79 Å². The summed E-state index contributed by atoms with van der Waals surface area (Å²) in [5.41, 5.74) is 1.70. The molecule has 8 nitrogen and oxygen atoms in total. The molecule has 0 spiro atoms. The van der Waals surface area contributed by atoms with Crippen LogP contribution >= 0.6 is 0 Å². The molecule has 1 saturated heterocycles. The van der Waals surface area contributed by atoms with Crippen molar-refractivity contribution in [1.82, 2.24) is 4.90 Å². The van der Waals surface area contributed by atoms with Gasteiger partial charge in [0.1, 0.15) is 0 Å². The topological polar surface area (TPSA) is 94.2 Å². The van der Waals surface area contributed by atoms with Crippen LogP contribution in [0.25, 0.3) is 0 Å². The second kappa shape index (κ2) is 9.76. The summed E-state index contributed by atoms with van der Waals surface area (Å²) < 4.78 is 14.9. The van der Waals surface area contributed by atoms with E-state index < -0.39 is 12.1 Å². The van der Waals surface area contributed by atoms with Gasteiger partial charge in [0.05, 0.1) is 26.9 Å². The minimum atomic E-state index is -0.757. The highest BCUT2D eigenvalue weighted by Crippen LogP contribution is 2.15. The summed E-state index contributed by atoms with van der Waals surface area (Å²) in [6.45, 7) is 2.59. The number of urea groups is 1. The van der Waals surface area contributed by atoms with Gasteiger partial charge in [0.25, 0.3) is 0 Å². The lowest BCUT2D eigenvalue weighted by Crippen LogP contribution is -2.50. The van der Waals surface area contributed by atoms with E-state index in [9.17, 15) is 14.4 Å². The number of morpholine rings is 1. The summed E-state index contributed by atoms with van der Waals surface area (Å²) >= 11 is 0. The fourth-order valence-corrected chi connectivity index (χ4v) is 2.61. The number of benzene rings is 1. The predicted molar refractivity (Wildman–Crippen MR) is 93.7 cm³/mol. The van der Waals surface area contributed by atoms with Crippen LogP contribution in [0, 0.1) is 0 Å². The highest BCUT2D eigenvalue weighted by Gasteiger charge is 2.29. The van der Waals surface area contributed by atoms with Crippen molar-refractivity contribution in [3.8, 4) is 0 Å². The molecule has 1 aromatic rings. The first-order valence-electron chi connectivity index (χ1n) is 8.47. The molecule has 0 aliphatic carbocycles. The maximum atomic E-state index is 12.4. The predicted octanol–water partition coefficient (Wildman–Crippen LogP) is 1.59. The van der Waals surface area contributed by atoms with E-state index in [1.807, 2.05) is 18.2 Å². The third kappa shape index (κ3) is 6.03. The first kappa shape index (κ1) is 19.7. The van der Waals surface area contributed by atoms with Crippen molar-refractivity contribution in [3.63, 3.8) is 0 Å². The maximum Gasteiger partial charge on any atom is 0.336 e. The summed E-state index contributed by atoms with van der Waals surface area (Å²) in [5.74, 6) is -0.779. The average Bonchev–Trinajstić information content (AvgIpc) is 2.65. The van der Waals surface area contributed by atoms with Gasteiger partial charge >= 0.3 is 18.0 Å². The van der Waals surface area contributed by atoms with Crippen LogP contribution in [0.3, 0.4) is 0 Å². The van der Waals surface area contributed by atoms with Gasteiger partial charge in [-0.15, -0.1) is 0 Å². The van der Waals surface area contributed by atoms with Crippen LogP contribution in [-0.2, 0) is 30.2 Å². The maximum absolute atomic E-state index is 12.4. The molecule has 0 bridgehead atoms. The van der Waals surface area contributed by atoms with E-state index in [-0.39, 0.29) is 25.2 Å². The first-order chi connectivity index (χ1) is 12.5. The molecule has 26 heavy (non-hydrogen) atoms. The Labute approximate surface area is 152 Å². The van der Waals surface area contributed by atoms with Crippen molar-refractivity contribution in [2.45, 2.75) is 25.9 Å². The number of aryl methyl sites for hydroxylation is 1. The van der Waals surface area contributed by atoms with Gasteiger partial charge in [-0.25, -0.2) is 9.59 Å². The molecule has 1 aliphatic heterocycles. The van der Waals surface area contributed by atoms with Crippen molar-refractivity contribution >= 4 is 23.7 Å². The Bertz CT molecular complexity index is 648. The molecule has 0 saturated carbocycles. The first-order valence-corrected chi connectivity index (χ1v) is 8.47. The van der Waals surface area contributed by atoms with Gasteiger partial charge in [-0.2, -0.15) is 0 Å². The number of hydrogen-bond acceptors (Lipinski definition) is 6. The van der Waals surface area contributed by atoms with E-state index in [2.05, 4.69) is 10.1 Å². The molecule has 8 heteroatoms. The molecular formula is C18H24N2O6. The number of nitrogens with one attached hydrogen (secondary N) is 1. The highest BCUT2D eigenvalue weighted by atomic mass is 16.6. The van der Waals surface area contributed by atoms with Crippen LogP contribution in [0.1, 0.15) is 18.9 Å². The Kier molecular flexibility index (Phi) is 7.40. The average molecular weight is 364 g/mol. The fraction of sp³-hybridized carbons (Fsp3) is 0.500. The number of methoxy groups -OCH3 is 1. The van der Waals surface area contributed by atoms with Gasteiger partial charge in [0.2, 0.25) is 0 Å². The van der Waals surface area contributed by atoms with E-state index in [0.717, 1.165) is 12.0 Å². The normalized spacial score (nSPS) is 16.7. The lowest BCUT2D eigenvalue weighted by molar-refractivity contribution is -0.158. The zero-order valence-electron chi connectivity index (χ0n) is 15.0. The van der Waals surface area contributed by atoms with Gasteiger partial charge < -0.3 is 24.4 Å². The Morgan fingerprint density at radius 1 is 1.35 bits per heavy atom. The van der Waals surface area contributed by atoms with E-state index >= 15 is 0 Å². The molecule has 142 valence electrons. The van der Waals surface area contributed by atoms with Crippen LogP contribution < -0.4 is 5.32 Å². The van der Waals surface area contributed by atoms with E-state index in [1.54, 1.807) is 6.07 Å². The number of nitrogens with zero attached hydrogens (tertiary/aromatic N) is 1. The zero-order valence-corrected chi connectivity index (χ0v) is 15.0. The minimum absolute atomic E-state index is 0.153. The van der Waals surface area contributed by atoms with E-state index in [1.165, 1.54) is 18.9 Å². The number of rotatable bonds is 6. The molecule has 0 aromatic heterocycles. The lowest BCUT2D eigenvalue weighted by atomic mass is 10.1. The summed E-state index contributed by atoms with van der Waals surface area (Å²) in [6, 6.07) is 7.19. The van der Waals surface area contributed by atoms with Crippen molar-refractivity contribution in [1.29, 1.82) is 0 Å². The molecule has 0 radical (unpaired) electrons. The van der Waals surface area contributed by atoms with Crippen LogP contribution in [0.5, 0.6) is 0 Å². The molecule has 1 atom stereocenters. The smallest absolute Gasteiger partial charge is 0.336 e. The quantitative estimate of drug-likeness (QED) is 0.608. The third-order valence-electron chi connectivity index (χ3n) is 3.91. The Morgan fingerprint density at radius 3 is 2.88 bits per heavy atom. The fourth-order valence-electron chi connectivity index (χ4n) is 2.61. The summed E-state index contributed by atoms with van der Waals surface area (Å²) in [7, 11) is 1.29. The Balaban J connectivity index is 1.87. The Hall–Kier alpha value is -2.61. The SMILES string of the molecule is COC(=O)C1CN(C(=O)Nc2cccc(CCCOC(C)=O)c2)CCO1. The van der Waals surface area contributed by atoms with E-state index in [0.29, 0.717) is 25.3 Å². The van der Waals surface area contributed by atoms with Crippen LogP contribution in [0.4, 0.5) is 10.5 Å². The molecule has 1 heterocycles.